The van der Waals surface area contributed by atoms with Gasteiger partial charge in [0.25, 0.3) is 5.91 Å². The third-order valence-corrected chi connectivity index (χ3v) is 3.66. The molecule has 25 heavy (non-hydrogen) atoms. The zero-order valence-corrected chi connectivity index (χ0v) is 13.5. The van der Waals surface area contributed by atoms with E-state index in [0.29, 0.717) is 22.1 Å². The van der Waals surface area contributed by atoms with Crippen molar-refractivity contribution in [1.29, 1.82) is 0 Å². The van der Waals surface area contributed by atoms with Crippen molar-refractivity contribution >= 4 is 34.6 Å². The van der Waals surface area contributed by atoms with Gasteiger partial charge in [0.15, 0.2) is 11.6 Å². The molecule has 1 aromatic heterocycles. The lowest BCUT2D eigenvalue weighted by Crippen LogP contribution is -2.13. The van der Waals surface area contributed by atoms with Gasteiger partial charge < -0.3 is 10.6 Å². The molecule has 4 nitrogen and oxygen atoms in total. The predicted molar refractivity (Wildman–Crippen MR) is 93.3 cm³/mol. The van der Waals surface area contributed by atoms with Crippen LogP contribution < -0.4 is 10.6 Å². The van der Waals surface area contributed by atoms with Gasteiger partial charge >= 0.3 is 0 Å². The number of aromatic nitrogens is 1. The monoisotopic (exact) mass is 359 g/mol. The van der Waals surface area contributed by atoms with Crippen molar-refractivity contribution in [2.45, 2.75) is 0 Å². The van der Waals surface area contributed by atoms with E-state index in [9.17, 15) is 13.6 Å². The SMILES string of the molecule is O=C(Nc1ccccc1Cl)c1ccc(Nc2ccc(F)c(F)c2)cn1. The van der Waals surface area contributed by atoms with Crippen molar-refractivity contribution in [2.24, 2.45) is 0 Å². The lowest BCUT2D eigenvalue weighted by molar-refractivity contribution is 0.102. The quantitative estimate of drug-likeness (QED) is 0.688. The summed E-state index contributed by atoms with van der Waals surface area (Å²) in [7, 11) is 0. The third-order valence-electron chi connectivity index (χ3n) is 3.33. The molecule has 0 spiro atoms. The topological polar surface area (TPSA) is 54.0 Å². The van der Waals surface area contributed by atoms with Crippen molar-refractivity contribution in [1.82, 2.24) is 4.98 Å². The second-order valence-corrected chi connectivity index (χ2v) is 5.53. The average Bonchev–Trinajstić information content (AvgIpc) is 2.61. The minimum Gasteiger partial charge on any atom is -0.354 e. The summed E-state index contributed by atoms with van der Waals surface area (Å²) in [6.45, 7) is 0. The van der Waals surface area contributed by atoms with Crippen LogP contribution in [0.2, 0.25) is 5.02 Å². The standard InChI is InChI=1S/C18H12ClF2N3O/c19-13-3-1-2-4-16(13)24-18(25)17-8-6-12(10-22-17)23-11-5-7-14(20)15(21)9-11/h1-10,23H,(H,24,25). The Morgan fingerprint density at radius 3 is 2.40 bits per heavy atom. The van der Waals surface area contributed by atoms with Crippen molar-refractivity contribution in [2.75, 3.05) is 10.6 Å². The Kier molecular flexibility index (Phi) is 4.90. The Balaban J connectivity index is 1.70. The number of hydrogen-bond donors (Lipinski definition) is 2. The first-order valence-corrected chi connectivity index (χ1v) is 7.65. The fraction of sp³-hybridized carbons (Fsp3) is 0. The number of pyridine rings is 1. The highest BCUT2D eigenvalue weighted by Gasteiger charge is 2.10. The van der Waals surface area contributed by atoms with Gasteiger partial charge in [-0.3, -0.25) is 4.79 Å². The van der Waals surface area contributed by atoms with E-state index in [1.54, 1.807) is 30.3 Å². The van der Waals surface area contributed by atoms with Crippen LogP contribution in [-0.4, -0.2) is 10.9 Å². The van der Waals surface area contributed by atoms with E-state index in [0.717, 1.165) is 12.1 Å². The Hall–Kier alpha value is -2.99. The zero-order chi connectivity index (χ0) is 17.8. The van der Waals surface area contributed by atoms with Gasteiger partial charge in [-0.25, -0.2) is 13.8 Å². The number of halogens is 3. The number of carbonyl (C=O) groups is 1. The third kappa shape index (κ3) is 4.10. The van der Waals surface area contributed by atoms with E-state index in [1.807, 2.05) is 0 Å². The molecule has 3 aromatic rings. The summed E-state index contributed by atoms with van der Waals surface area (Å²) in [5, 5.41) is 5.96. The van der Waals surface area contributed by atoms with Crippen LogP contribution in [-0.2, 0) is 0 Å². The van der Waals surface area contributed by atoms with Crippen LogP contribution in [0.4, 0.5) is 25.8 Å². The van der Waals surface area contributed by atoms with E-state index in [2.05, 4.69) is 15.6 Å². The van der Waals surface area contributed by atoms with Crippen LogP contribution in [0.25, 0.3) is 0 Å². The van der Waals surface area contributed by atoms with Crippen LogP contribution in [0.1, 0.15) is 10.5 Å². The second kappa shape index (κ2) is 7.27. The molecular formula is C18H12ClF2N3O. The van der Waals surface area contributed by atoms with Crippen LogP contribution in [0, 0.1) is 11.6 Å². The molecular weight excluding hydrogens is 348 g/mol. The number of nitrogens with zero attached hydrogens (tertiary/aromatic N) is 1. The smallest absolute Gasteiger partial charge is 0.274 e. The van der Waals surface area contributed by atoms with E-state index < -0.39 is 17.5 Å². The molecule has 126 valence electrons. The first-order valence-electron chi connectivity index (χ1n) is 7.27. The lowest BCUT2D eigenvalue weighted by Gasteiger charge is -2.08. The molecule has 2 aromatic carbocycles. The van der Waals surface area contributed by atoms with E-state index in [1.165, 1.54) is 18.3 Å². The normalized spacial score (nSPS) is 10.4. The van der Waals surface area contributed by atoms with E-state index >= 15 is 0 Å². The van der Waals surface area contributed by atoms with Crippen molar-refractivity contribution in [3.8, 4) is 0 Å². The summed E-state index contributed by atoms with van der Waals surface area (Å²) in [5.74, 6) is -2.28. The number of anilines is 3. The molecule has 0 aliphatic carbocycles. The highest BCUT2D eigenvalue weighted by atomic mass is 35.5. The van der Waals surface area contributed by atoms with Gasteiger partial charge in [0.05, 0.1) is 22.6 Å². The summed E-state index contributed by atoms with van der Waals surface area (Å²) >= 11 is 5.99. The van der Waals surface area contributed by atoms with Gasteiger partial charge in [-0.15, -0.1) is 0 Å². The number of nitrogens with one attached hydrogen (secondary N) is 2. The molecule has 0 aliphatic heterocycles. The van der Waals surface area contributed by atoms with Crippen molar-refractivity contribution < 1.29 is 13.6 Å². The van der Waals surface area contributed by atoms with Crippen LogP contribution in [0.5, 0.6) is 0 Å². The molecule has 0 saturated heterocycles. The number of para-hydroxylation sites is 1. The van der Waals surface area contributed by atoms with Crippen molar-refractivity contribution in [3.05, 3.63) is 83.1 Å². The maximum absolute atomic E-state index is 13.2. The Bertz CT molecular complexity index is 916. The number of amides is 1. The molecule has 0 unspecified atom stereocenters. The van der Waals surface area contributed by atoms with Gasteiger partial charge in [0.1, 0.15) is 5.69 Å². The van der Waals surface area contributed by atoms with Gasteiger partial charge in [0.2, 0.25) is 0 Å². The molecule has 2 N–H and O–H groups in total. The van der Waals surface area contributed by atoms with Gasteiger partial charge in [-0.2, -0.15) is 0 Å². The molecule has 0 fully saturated rings. The molecule has 0 saturated carbocycles. The van der Waals surface area contributed by atoms with Crippen LogP contribution >= 0.6 is 11.6 Å². The van der Waals surface area contributed by atoms with E-state index in [-0.39, 0.29) is 5.69 Å². The predicted octanol–water partition coefficient (Wildman–Crippen LogP) is 5.01. The summed E-state index contributed by atoms with van der Waals surface area (Å²) < 4.78 is 26.1. The fourth-order valence-corrected chi connectivity index (χ4v) is 2.27. The van der Waals surface area contributed by atoms with Crippen LogP contribution in [0.3, 0.4) is 0 Å². The van der Waals surface area contributed by atoms with Gasteiger partial charge in [0, 0.05) is 11.8 Å². The first-order chi connectivity index (χ1) is 12.0. The summed E-state index contributed by atoms with van der Waals surface area (Å²) in [6.07, 6.45) is 1.42. The molecule has 0 radical (unpaired) electrons. The number of rotatable bonds is 4. The van der Waals surface area contributed by atoms with Crippen LogP contribution in [0.15, 0.2) is 60.8 Å². The fourth-order valence-electron chi connectivity index (χ4n) is 2.09. The summed E-state index contributed by atoms with van der Waals surface area (Å²) in [4.78, 5) is 16.2. The maximum Gasteiger partial charge on any atom is 0.274 e. The Labute approximate surface area is 147 Å². The molecule has 3 rings (SSSR count). The molecule has 1 amide bonds. The number of benzene rings is 2. The highest BCUT2D eigenvalue weighted by Crippen LogP contribution is 2.22. The Morgan fingerprint density at radius 2 is 1.72 bits per heavy atom. The molecule has 7 heteroatoms. The molecule has 0 atom stereocenters. The number of hydrogen-bond acceptors (Lipinski definition) is 3. The summed E-state index contributed by atoms with van der Waals surface area (Å²) in [6, 6.07) is 13.4. The second-order valence-electron chi connectivity index (χ2n) is 5.12. The largest absolute Gasteiger partial charge is 0.354 e. The van der Waals surface area contributed by atoms with Gasteiger partial charge in [-0.1, -0.05) is 23.7 Å². The van der Waals surface area contributed by atoms with Gasteiger partial charge in [-0.05, 0) is 36.4 Å². The van der Waals surface area contributed by atoms with E-state index in [4.69, 9.17) is 11.6 Å². The molecule has 0 bridgehead atoms. The maximum atomic E-state index is 13.2. The zero-order valence-electron chi connectivity index (χ0n) is 12.8. The summed E-state index contributed by atoms with van der Waals surface area (Å²) in [5.41, 5.74) is 1.57. The number of carbonyl (C=O) groups excluding carboxylic acids is 1. The molecule has 0 aliphatic rings. The molecule has 1 heterocycles. The average molecular weight is 360 g/mol. The van der Waals surface area contributed by atoms with Crippen molar-refractivity contribution in [3.63, 3.8) is 0 Å². The first kappa shape index (κ1) is 16.9. The minimum atomic E-state index is -0.950. The minimum absolute atomic E-state index is 0.191. The Morgan fingerprint density at radius 1 is 0.960 bits per heavy atom. The highest BCUT2D eigenvalue weighted by molar-refractivity contribution is 6.33. The lowest BCUT2D eigenvalue weighted by atomic mass is 10.2.